The van der Waals surface area contributed by atoms with E-state index in [2.05, 4.69) is 15.6 Å². The van der Waals surface area contributed by atoms with Crippen LogP contribution in [0.3, 0.4) is 0 Å². The van der Waals surface area contributed by atoms with E-state index >= 15 is 0 Å². The highest BCUT2D eigenvalue weighted by Crippen LogP contribution is 2.21. The molecule has 1 heterocycles. The number of nitrogens with one attached hydrogen (secondary N) is 3. The number of benzene rings is 3. The molecule has 30 heavy (non-hydrogen) atoms. The van der Waals surface area contributed by atoms with Crippen LogP contribution >= 0.6 is 11.6 Å². The number of H-pyrrole nitrogens is 1. The highest BCUT2D eigenvalue weighted by molar-refractivity contribution is 6.30. The Labute approximate surface area is 178 Å². The molecule has 6 heteroatoms. The molecular weight excluding hydrogens is 398 g/mol. The Morgan fingerprint density at radius 1 is 0.867 bits per heavy atom. The second kappa shape index (κ2) is 8.68. The maximum absolute atomic E-state index is 13.0. The number of halogens is 1. The van der Waals surface area contributed by atoms with Crippen LogP contribution in [0.1, 0.15) is 15.9 Å². The van der Waals surface area contributed by atoms with Gasteiger partial charge in [-0.3, -0.25) is 9.59 Å². The van der Waals surface area contributed by atoms with E-state index in [1.54, 1.807) is 60.8 Å². The van der Waals surface area contributed by atoms with Gasteiger partial charge in [0.05, 0.1) is 0 Å². The van der Waals surface area contributed by atoms with Crippen LogP contribution in [-0.2, 0) is 4.79 Å². The number of carbonyl (C=O) groups is 2. The van der Waals surface area contributed by atoms with Gasteiger partial charge in [-0.05, 0) is 48.5 Å². The summed E-state index contributed by atoms with van der Waals surface area (Å²) >= 11 is 5.91. The summed E-state index contributed by atoms with van der Waals surface area (Å²) in [7, 11) is 0. The lowest BCUT2D eigenvalue weighted by molar-refractivity contribution is -0.113. The number of fused-ring (bicyclic) bond motifs is 1. The quantitative estimate of drug-likeness (QED) is 0.390. The Morgan fingerprint density at radius 2 is 1.57 bits per heavy atom. The van der Waals surface area contributed by atoms with Crippen LogP contribution in [0, 0.1) is 0 Å². The Morgan fingerprint density at radius 3 is 2.33 bits per heavy atom. The van der Waals surface area contributed by atoms with Gasteiger partial charge in [-0.1, -0.05) is 48.0 Å². The van der Waals surface area contributed by atoms with Crippen molar-refractivity contribution in [3.05, 3.63) is 107 Å². The Kier molecular flexibility index (Phi) is 5.63. The van der Waals surface area contributed by atoms with E-state index in [1.807, 2.05) is 30.3 Å². The number of anilines is 1. The molecule has 0 unspecified atom stereocenters. The maximum atomic E-state index is 13.0. The second-order valence-corrected chi connectivity index (χ2v) is 7.07. The summed E-state index contributed by atoms with van der Waals surface area (Å²) in [4.78, 5) is 28.9. The molecule has 0 saturated carbocycles. The summed E-state index contributed by atoms with van der Waals surface area (Å²) in [6.45, 7) is 0. The van der Waals surface area contributed by atoms with Crippen molar-refractivity contribution >= 4 is 46.1 Å². The van der Waals surface area contributed by atoms with Crippen LogP contribution in [0.15, 0.2) is 90.8 Å². The van der Waals surface area contributed by atoms with Crippen LogP contribution in [0.2, 0.25) is 5.02 Å². The van der Waals surface area contributed by atoms with E-state index in [4.69, 9.17) is 11.6 Å². The predicted octanol–water partition coefficient (Wildman–Crippen LogP) is 5.23. The first kappa shape index (κ1) is 19.5. The molecule has 0 fully saturated rings. The fourth-order valence-electron chi connectivity index (χ4n) is 3.04. The molecule has 0 radical (unpaired) electrons. The number of rotatable bonds is 5. The largest absolute Gasteiger partial charge is 0.361 e. The minimum atomic E-state index is -0.438. The van der Waals surface area contributed by atoms with Crippen molar-refractivity contribution in [1.29, 1.82) is 0 Å². The van der Waals surface area contributed by atoms with Crippen molar-refractivity contribution in [2.45, 2.75) is 0 Å². The number of aromatic amines is 1. The molecule has 3 aromatic carbocycles. The molecule has 0 aliphatic rings. The zero-order chi connectivity index (χ0) is 20.9. The molecular formula is C24H18ClN3O2. The molecule has 0 aliphatic heterocycles. The molecule has 2 amide bonds. The van der Waals surface area contributed by atoms with Crippen molar-refractivity contribution in [2.75, 3.05) is 5.32 Å². The first-order valence-corrected chi connectivity index (χ1v) is 9.69. The average molecular weight is 416 g/mol. The van der Waals surface area contributed by atoms with E-state index in [9.17, 15) is 9.59 Å². The van der Waals surface area contributed by atoms with Gasteiger partial charge in [-0.25, -0.2) is 0 Å². The van der Waals surface area contributed by atoms with Gasteiger partial charge in [0, 0.05) is 38.9 Å². The third-order valence-corrected chi connectivity index (χ3v) is 4.80. The minimum absolute atomic E-state index is 0.128. The van der Waals surface area contributed by atoms with Crippen LogP contribution in [-0.4, -0.2) is 16.8 Å². The molecule has 0 aliphatic carbocycles. The fraction of sp³-hybridized carbons (Fsp3) is 0. The molecule has 0 saturated heterocycles. The monoisotopic (exact) mass is 415 g/mol. The van der Waals surface area contributed by atoms with E-state index in [0.29, 0.717) is 16.3 Å². The standard InChI is InChI=1S/C24H18ClN3O2/c25-18-10-12-19(13-11-18)27-24(30)22(28-23(29)16-6-2-1-3-7-16)14-17-15-26-21-9-5-4-8-20(17)21/h1-15,26H,(H,27,30)(H,28,29)/b22-14-. The number of para-hydroxylation sites is 1. The summed E-state index contributed by atoms with van der Waals surface area (Å²) < 4.78 is 0. The Balaban J connectivity index is 1.67. The third kappa shape index (κ3) is 4.42. The van der Waals surface area contributed by atoms with E-state index in [1.165, 1.54) is 0 Å². The van der Waals surface area contributed by atoms with Crippen LogP contribution in [0.5, 0.6) is 0 Å². The van der Waals surface area contributed by atoms with E-state index < -0.39 is 5.91 Å². The summed E-state index contributed by atoms with van der Waals surface area (Å²) in [5.74, 6) is -0.806. The predicted molar refractivity (Wildman–Crippen MR) is 120 cm³/mol. The first-order valence-electron chi connectivity index (χ1n) is 9.31. The Hall–Kier alpha value is -3.83. The highest BCUT2D eigenvalue weighted by atomic mass is 35.5. The topological polar surface area (TPSA) is 74.0 Å². The summed E-state index contributed by atoms with van der Waals surface area (Å²) in [5, 5.41) is 7.05. The molecule has 148 valence electrons. The summed E-state index contributed by atoms with van der Waals surface area (Å²) in [5.41, 5.74) is 2.89. The molecule has 4 rings (SSSR count). The zero-order valence-electron chi connectivity index (χ0n) is 15.9. The van der Waals surface area contributed by atoms with Gasteiger partial charge in [0.2, 0.25) is 0 Å². The molecule has 3 N–H and O–H groups in total. The van der Waals surface area contributed by atoms with Gasteiger partial charge >= 0.3 is 0 Å². The van der Waals surface area contributed by atoms with Gasteiger partial charge in [0.1, 0.15) is 5.70 Å². The number of hydrogen-bond donors (Lipinski definition) is 3. The van der Waals surface area contributed by atoms with E-state index in [0.717, 1.165) is 16.5 Å². The van der Waals surface area contributed by atoms with Crippen molar-refractivity contribution in [3.8, 4) is 0 Å². The number of amides is 2. The fourth-order valence-corrected chi connectivity index (χ4v) is 3.17. The van der Waals surface area contributed by atoms with Gasteiger partial charge < -0.3 is 15.6 Å². The molecule has 0 atom stereocenters. The van der Waals surface area contributed by atoms with Crippen molar-refractivity contribution in [3.63, 3.8) is 0 Å². The van der Waals surface area contributed by atoms with E-state index in [-0.39, 0.29) is 11.6 Å². The lowest BCUT2D eigenvalue weighted by Crippen LogP contribution is -2.30. The smallest absolute Gasteiger partial charge is 0.272 e. The average Bonchev–Trinajstić information content (AvgIpc) is 3.18. The molecule has 0 bridgehead atoms. The Bertz CT molecular complexity index is 1230. The summed E-state index contributed by atoms with van der Waals surface area (Å²) in [6, 6.07) is 23.3. The SMILES string of the molecule is O=C(Nc1ccc(Cl)cc1)/C(=C/c1c[nH]c2ccccc12)NC(=O)c1ccccc1. The van der Waals surface area contributed by atoms with Gasteiger partial charge in [0.15, 0.2) is 0 Å². The summed E-state index contributed by atoms with van der Waals surface area (Å²) in [6.07, 6.45) is 3.46. The zero-order valence-corrected chi connectivity index (χ0v) is 16.6. The number of hydrogen-bond acceptors (Lipinski definition) is 2. The van der Waals surface area contributed by atoms with Crippen LogP contribution in [0.4, 0.5) is 5.69 Å². The van der Waals surface area contributed by atoms with Gasteiger partial charge in [-0.2, -0.15) is 0 Å². The van der Waals surface area contributed by atoms with Crippen LogP contribution in [0.25, 0.3) is 17.0 Å². The molecule has 4 aromatic rings. The number of carbonyl (C=O) groups excluding carboxylic acids is 2. The van der Waals surface area contributed by atoms with Crippen LogP contribution < -0.4 is 10.6 Å². The highest BCUT2D eigenvalue weighted by Gasteiger charge is 2.16. The van der Waals surface area contributed by atoms with Crippen molar-refractivity contribution < 1.29 is 9.59 Å². The number of aromatic nitrogens is 1. The minimum Gasteiger partial charge on any atom is -0.361 e. The van der Waals surface area contributed by atoms with Gasteiger partial charge in [0.25, 0.3) is 11.8 Å². The van der Waals surface area contributed by atoms with Gasteiger partial charge in [-0.15, -0.1) is 0 Å². The maximum Gasteiger partial charge on any atom is 0.272 e. The van der Waals surface area contributed by atoms with Crippen molar-refractivity contribution in [2.24, 2.45) is 0 Å². The van der Waals surface area contributed by atoms with Crippen molar-refractivity contribution in [1.82, 2.24) is 10.3 Å². The third-order valence-electron chi connectivity index (χ3n) is 4.55. The lowest BCUT2D eigenvalue weighted by Gasteiger charge is -2.11. The first-order chi connectivity index (χ1) is 14.6. The second-order valence-electron chi connectivity index (χ2n) is 6.63. The normalized spacial score (nSPS) is 11.3. The molecule has 5 nitrogen and oxygen atoms in total. The molecule has 1 aromatic heterocycles. The lowest BCUT2D eigenvalue weighted by atomic mass is 10.1. The molecule has 0 spiro atoms.